The van der Waals surface area contributed by atoms with Gasteiger partial charge in [-0.25, -0.2) is 0 Å². The van der Waals surface area contributed by atoms with Crippen molar-refractivity contribution in [1.82, 2.24) is 15.1 Å². The number of anilines is 1. The summed E-state index contributed by atoms with van der Waals surface area (Å²) in [6.07, 6.45) is 1.86. The number of aliphatic carboxylic acids is 1. The second-order valence-electron chi connectivity index (χ2n) is 6.86. The van der Waals surface area contributed by atoms with Gasteiger partial charge < -0.3 is 10.4 Å². The highest BCUT2D eigenvalue weighted by Crippen LogP contribution is 2.33. The summed E-state index contributed by atoms with van der Waals surface area (Å²) >= 11 is 0. The van der Waals surface area contributed by atoms with Crippen molar-refractivity contribution in [3.63, 3.8) is 0 Å². The fourth-order valence-electron chi connectivity index (χ4n) is 3.45. The van der Waals surface area contributed by atoms with Gasteiger partial charge in [-0.3, -0.25) is 29.2 Å². The van der Waals surface area contributed by atoms with Crippen molar-refractivity contribution in [2.45, 2.75) is 44.4 Å². The van der Waals surface area contributed by atoms with Gasteiger partial charge in [0.15, 0.2) is 0 Å². The minimum atomic E-state index is -0.874. The first-order valence-corrected chi connectivity index (χ1v) is 9.17. The third-order valence-electron chi connectivity index (χ3n) is 4.78. The van der Waals surface area contributed by atoms with E-state index < -0.39 is 11.9 Å². The van der Waals surface area contributed by atoms with Gasteiger partial charge in [-0.05, 0) is 25.3 Å². The molecule has 148 valence electrons. The highest BCUT2D eigenvalue weighted by molar-refractivity contribution is 6.05. The molecule has 0 spiro atoms. The van der Waals surface area contributed by atoms with E-state index in [1.54, 1.807) is 23.9 Å². The number of para-hydroxylation sites is 1. The maximum Gasteiger partial charge on any atom is 0.303 e. The molecule has 1 aliphatic heterocycles. The number of carbonyl (C=O) groups excluding carboxylic acids is 3. The van der Waals surface area contributed by atoms with E-state index in [4.69, 9.17) is 5.11 Å². The Kier molecular flexibility index (Phi) is 5.72. The summed E-state index contributed by atoms with van der Waals surface area (Å²) in [5.74, 6) is -2.23. The van der Waals surface area contributed by atoms with Crippen LogP contribution in [-0.4, -0.2) is 38.6 Å². The fourth-order valence-corrected chi connectivity index (χ4v) is 3.45. The molecule has 0 saturated carbocycles. The molecular weight excluding hydrogens is 364 g/mol. The molecule has 0 aliphatic carbocycles. The second kappa shape index (κ2) is 8.20. The third kappa shape index (κ3) is 4.19. The highest BCUT2D eigenvalue weighted by atomic mass is 16.4. The number of hydrogen-bond donors (Lipinski definition) is 3. The summed E-state index contributed by atoms with van der Waals surface area (Å²) < 4.78 is 1.62. The minimum Gasteiger partial charge on any atom is -0.481 e. The van der Waals surface area contributed by atoms with Crippen LogP contribution in [0.25, 0.3) is 10.9 Å². The fraction of sp³-hybridized carbons (Fsp3) is 0.421. The molecule has 9 heteroatoms. The van der Waals surface area contributed by atoms with Gasteiger partial charge >= 0.3 is 5.97 Å². The van der Waals surface area contributed by atoms with Crippen LogP contribution in [0.2, 0.25) is 0 Å². The molecule has 1 aromatic carbocycles. The number of aryl methyl sites for hydroxylation is 1. The zero-order chi connectivity index (χ0) is 20.3. The molecule has 3 amide bonds. The number of aromatic nitrogens is 2. The van der Waals surface area contributed by atoms with Crippen LogP contribution in [0.4, 0.5) is 5.69 Å². The van der Waals surface area contributed by atoms with Gasteiger partial charge in [0.25, 0.3) is 0 Å². The Morgan fingerprint density at radius 2 is 2.04 bits per heavy atom. The lowest BCUT2D eigenvalue weighted by Gasteiger charge is -2.19. The molecule has 1 saturated heterocycles. The smallest absolute Gasteiger partial charge is 0.303 e. The van der Waals surface area contributed by atoms with Crippen molar-refractivity contribution >= 4 is 40.3 Å². The number of benzene rings is 1. The summed E-state index contributed by atoms with van der Waals surface area (Å²) in [5.41, 5.74) is 1.86. The maximum absolute atomic E-state index is 12.2. The van der Waals surface area contributed by atoms with Crippen LogP contribution in [0.5, 0.6) is 0 Å². The van der Waals surface area contributed by atoms with Crippen molar-refractivity contribution in [1.29, 1.82) is 0 Å². The number of nitrogens with zero attached hydrogens (tertiary/aromatic N) is 2. The zero-order valence-electron chi connectivity index (χ0n) is 15.5. The summed E-state index contributed by atoms with van der Waals surface area (Å²) in [6.45, 7) is 0. The Morgan fingerprint density at radius 3 is 2.75 bits per heavy atom. The quantitative estimate of drug-likeness (QED) is 0.490. The average molecular weight is 386 g/mol. The van der Waals surface area contributed by atoms with Gasteiger partial charge in [-0.2, -0.15) is 5.10 Å². The Labute approximate surface area is 161 Å². The Hall–Kier alpha value is -3.23. The molecule has 2 aromatic rings. The van der Waals surface area contributed by atoms with Crippen LogP contribution in [0, 0.1) is 0 Å². The van der Waals surface area contributed by atoms with Gasteiger partial charge in [-0.15, -0.1) is 0 Å². The molecular formula is C19H22N4O5. The summed E-state index contributed by atoms with van der Waals surface area (Å²) in [5, 5.41) is 19.1. The lowest BCUT2D eigenvalue weighted by atomic mass is 9.92. The maximum atomic E-state index is 12.2. The van der Waals surface area contributed by atoms with Crippen molar-refractivity contribution in [2.24, 2.45) is 7.05 Å². The molecule has 3 rings (SSSR count). The van der Waals surface area contributed by atoms with E-state index >= 15 is 0 Å². The summed E-state index contributed by atoms with van der Waals surface area (Å²) in [4.78, 5) is 46.4. The van der Waals surface area contributed by atoms with Crippen LogP contribution >= 0.6 is 0 Å². The van der Waals surface area contributed by atoms with Gasteiger partial charge in [0.1, 0.15) is 0 Å². The first kappa shape index (κ1) is 19.5. The number of carbonyl (C=O) groups is 4. The topological polar surface area (TPSA) is 130 Å². The number of nitrogens with one attached hydrogen (secondary N) is 2. The predicted molar refractivity (Wildman–Crippen MR) is 101 cm³/mol. The SMILES string of the molecule is Cn1nc(C2CCC(=O)NC2=O)c2cccc(NC(=O)CCCCC(=O)O)c21. The van der Waals surface area contributed by atoms with Gasteiger partial charge in [0, 0.05) is 31.7 Å². The number of rotatable bonds is 7. The molecule has 1 aliphatic rings. The van der Waals surface area contributed by atoms with E-state index in [1.165, 1.54) is 0 Å². The standard InChI is InChI=1S/C19H22N4O5/c1-23-18-11(17(22-23)12-9-10-15(25)21-19(12)28)5-4-6-13(18)20-14(24)7-2-3-8-16(26)27/h4-6,12H,2-3,7-10H2,1H3,(H,20,24)(H,26,27)(H,21,25,28). The summed E-state index contributed by atoms with van der Waals surface area (Å²) in [7, 11) is 1.74. The van der Waals surface area contributed by atoms with Crippen LogP contribution in [0.15, 0.2) is 18.2 Å². The van der Waals surface area contributed by atoms with E-state index in [9.17, 15) is 19.2 Å². The van der Waals surface area contributed by atoms with Crippen molar-refractivity contribution < 1.29 is 24.3 Å². The van der Waals surface area contributed by atoms with E-state index in [-0.39, 0.29) is 37.0 Å². The first-order chi connectivity index (χ1) is 13.4. The molecule has 9 nitrogen and oxygen atoms in total. The minimum absolute atomic E-state index is 0.0416. The molecule has 1 fully saturated rings. The molecule has 0 bridgehead atoms. The van der Waals surface area contributed by atoms with Crippen LogP contribution in [0.1, 0.15) is 50.1 Å². The zero-order valence-corrected chi connectivity index (χ0v) is 15.5. The van der Waals surface area contributed by atoms with E-state index in [1.807, 2.05) is 6.07 Å². The molecule has 1 unspecified atom stereocenters. The van der Waals surface area contributed by atoms with Crippen molar-refractivity contribution in [2.75, 3.05) is 5.32 Å². The van der Waals surface area contributed by atoms with Crippen LogP contribution in [-0.2, 0) is 26.2 Å². The first-order valence-electron chi connectivity index (χ1n) is 9.17. The predicted octanol–water partition coefficient (Wildman–Crippen LogP) is 1.68. The number of fused-ring (bicyclic) bond motifs is 1. The molecule has 0 radical (unpaired) electrons. The number of imide groups is 1. The van der Waals surface area contributed by atoms with E-state index in [2.05, 4.69) is 15.7 Å². The number of amides is 3. The Morgan fingerprint density at radius 1 is 1.29 bits per heavy atom. The number of carboxylic acids is 1. The number of carboxylic acid groups (broad SMARTS) is 1. The number of hydrogen-bond acceptors (Lipinski definition) is 5. The average Bonchev–Trinajstić information content (AvgIpc) is 2.96. The Balaban J connectivity index is 1.79. The largest absolute Gasteiger partial charge is 0.481 e. The molecule has 1 atom stereocenters. The van der Waals surface area contributed by atoms with Crippen molar-refractivity contribution in [3.8, 4) is 0 Å². The van der Waals surface area contributed by atoms with Crippen LogP contribution in [0.3, 0.4) is 0 Å². The third-order valence-corrected chi connectivity index (χ3v) is 4.78. The highest BCUT2D eigenvalue weighted by Gasteiger charge is 2.32. The van der Waals surface area contributed by atoms with Gasteiger partial charge in [0.05, 0.1) is 22.8 Å². The lowest BCUT2D eigenvalue weighted by molar-refractivity contribution is -0.137. The molecule has 3 N–H and O–H groups in total. The molecule has 1 aromatic heterocycles. The van der Waals surface area contributed by atoms with Crippen LogP contribution < -0.4 is 10.6 Å². The number of piperidine rings is 1. The second-order valence-corrected chi connectivity index (χ2v) is 6.86. The Bertz CT molecular complexity index is 949. The number of unbranched alkanes of at least 4 members (excludes halogenated alkanes) is 1. The normalized spacial score (nSPS) is 16.8. The summed E-state index contributed by atoms with van der Waals surface area (Å²) in [6, 6.07) is 5.37. The molecule has 28 heavy (non-hydrogen) atoms. The van der Waals surface area contributed by atoms with Gasteiger partial charge in [-0.1, -0.05) is 12.1 Å². The monoisotopic (exact) mass is 386 g/mol. The van der Waals surface area contributed by atoms with Crippen molar-refractivity contribution in [3.05, 3.63) is 23.9 Å². The lowest BCUT2D eigenvalue weighted by Crippen LogP contribution is -2.39. The molecule has 2 heterocycles. The van der Waals surface area contributed by atoms with E-state index in [0.717, 1.165) is 5.39 Å². The van der Waals surface area contributed by atoms with E-state index in [0.29, 0.717) is 36.2 Å². The van der Waals surface area contributed by atoms with Gasteiger partial charge in [0.2, 0.25) is 17.7 Å².